The molecule has 1 amide bonds. The van der Waals surface area contributed by atoms with E-state index in [1.165, 1.54) is 0 Å². The zero-order valence-corrected chi connectivity index (χ0v) is 10.1. The molecule has 0 aliphatic heterocycles. The summed E-state index contributed by atoms with van der Waals surface area (Å²) >= 11 is 0. The van der Waals surface area contributed by atoms with Crippen molar-refractivity contribution in [1.82, 2.24) is 4.90 Å². The first-order chi connectivity index (χ1) is 7.61. The predicted octanol–water partition coefficient (Wildman–Crippen LogP) is 1.75. The molecule has 0 saturated heterocycles. The van der Waals surface area contributed by atoms with Gasteiger partial charge in [0.25, 0.3) is 0 Å². The van der Waals surface area contributed by atoms with Crippen LogP contribution in [-0.4, -0.2) is 35.0 Å². The minimum atomic E-state index is -0.815. The maximum absolute atomic E-state index is 12.1. The molecule has 0 aromatic heterocycles. The van der Waals surface area contributed by atoms with E-state index in [0.717, 1.165) is 19.3 Å². The first-order valence-electron chi connectivity index (χ1n) is 6.13. The van der Waals surface area contributed by atoms with Gasteiger partial charge in [-0.05, 0) is 26.7 Å². The number of carbonyl (C=O) groups is 2. The van der Waals surface area contributed by atoms with Gasteiger partial charge in [0.2, 0.25) is 5.91 Å². The highest BCUT2D eigenvalue weighted by Gasteiger charge is 2.37. The lowest BCUT2D eigenvalue weighted by molar-refractivity contribution is -0.152. The van der Waals surface area contributed by atoms with Crippen LogP contribution in [0.1, 0.15) is 39.5 Å². The van der Waals surface area contributed by atoms with Crippen LogP contribution in [-0.2, 0) is 9.59 Å². The first-order valence-corrected chi connectivity index (χ1v) is 6.13. The lowest BCUT2D eigenvalue weighted by atomic mass is 9.78. The van der Waals surface area contributed by atoms with Crippen molar-refractivity contribution in [2.45, 2.75) is 39.5 Å². The number of carbonyl (C=O) groups excluding carboxylic acids is 1. The molecule has 2 atom stereocenters. The fourth-order valence-electron chi connectivity index (χ4n) is 2.49. The number of rotatable bonds is 4. The number of amides is 1. The van der Waals surface area contributed by atoms with Crippen molar-refractivity contribution in [2.75, 3.05) is 13.1 Å². The normalized spacial score (nSPS) is 25.1. The molecule has 92 valence electrons. The van der Waals surface area contributed by atoms with E-state index in [-0.39, 0.29) is 11.8 Å². The van der Waals surface area contributed by atoms with Crippen molar-refractivity contribution < 1.29 is 14.7 Å². The minimum Gasteiger partial charge on any atom is -0.481 e. The highest BCUT2D eigenvalue weighted by molar-refractivity contribution is 5.84. The molecule has 1 aliphatic carbocycles. The van der Waals surface area contributed by atoms with Crippen LogP contribution < -0.4 is 0 Å². The Bertz CT molecular complexity index is 261. The Morgan fingerprint density at radius 2 is 1.62 bits per heavy atom. The van der Waals surface area contributed by atoms with Crippen LogP contribution >= 0.6 is 0 Å². The van der Waals surface area contributed by atoms with Gasteiger partial charge in [-0.3, -0.25) is 9.59 Å². The number of hydrogen-bond acceptors (Lipinski definition) is 2. The van der Waals surface area contributed by atoms with Crippen LogP contribution in [0.25, 0.3) is 0 Å². The Morgan fingerprint density at radius 3 is 2.06 bits per heavy atom. The second-order valence-corrected chi connectivity index (χ2v) is 4.35. The van der Waals surface area contributed by atoms with Crippen molar-refractivity contribution in [1.29, 1.82) is 0 Å². The summed E-state index contributed by atoms with van der Waals surface area (Å²) in [6.07, 6.45) is 3.28. The van der Waals surface area contributed by atoms with Crippen LogP contribution in [0.15, 0.2) is 0 Å². The monoisotopic (exact) mass is 227 g/mol. The summed E-state index contributed by atoms with van der Waals surface area (Å²) < 4.78 is 0. The van der Waals surface area contributed by atoms with Gasteiger partial charge in [0.15, 0.2) is 0 Å². The van der Waals surface area contributed by atoms with Crippen molar-refractivity contribution in [3.8, 4) is 0 Å². The molecule has 1 aliphatic rings. The van der Waals surface area contributed by atoms with Crippen LogP contribution in [0.4, 0.5) is 0 Å². The van der Waals surface area contributed by atoms with Gasteiger partial charge in [-0.15, -0.1) is 0 Å². The topological polar surface area (TPSA) is 57.6 Å². The summed E-state index contributed by atoms with van der Waals surface area (Å²) in [5.41, 5.74) is 0. The van der Waals surface area contributed by atoms with Gasteiger partial charge in [-0.2, -0.15) is 0 Å². The molecule has 1 saturated carbocycles. The van der Waals surface area contributed by atoms with Gasteiger partial charge in [0, 0.05) is 13.1 Å². The van der Waals surface area contributed by atoms with E-state index in [0.29, 0.717) is 19.5 Å². The third-order valence-electron chi connectivity index (χ3n) is 3.48. The minimum absolute atomic E-state index is 0.0251. The molecular weight excluding hydrogens is 206 g/mol. The highest BCUT2D eigenvalue weighted by Crippen LogP contribution is 2.31. The van der Waals surface area contributed by atoms with E-state index in [9.17, 15) is 9.59 Å². The predicted molar refractivity (Wildman–Crippen MR) is 61.0 cm³/mol. The fraction of sp³-hybridized carbons (Fsp3) is 0.833. The molecular formula is C12H21NO3. The van der Waals surface area contributed by atoms with E-state index in [1.54, 1.807) is 4.90 Å². The molecule has 1 rings (SSSR count). The molecule has 0 bridgehead atoms. The molecule has 16 heavy (non-hydrogen) atoms. The molecule has 4 nitrogen and oxygen atoms in total. The second-order valence-electron chi connectivity index (χ2n) is 4.35. The number of carboxylic acids is 1. The molecule has 0 aromatic carbocycles. The number of hydrogen-bond donors (Lipinski definition) is 1. The molecule has 0 unspecified atom stereocenters. The lowest BCUT2D eigenvalue weighted by Crippen LogP contribution is -2.42. The highest BCUT2D eigenvalue weighted by atomic mass is 16.4. The molecule has 0 aromatic rings. The van der Waals surface area contributed by atoms with Crippen LogP contribution in [0, 0.1) is 11.8 Å². The van der Waals surface area contributed by atoms with E-state index < -0.39 is 11.9 Å². The van der Waals surface area contributed by atoms with E-state index >= 15 is 0 Å². The van der Waals surface area contributed by atoms with Crippen molar-refractivity contribution in [3.05, 3.63) is 0 Å². The summed E-state index contributed by atoms with van der Waals surface area (Å²) in [7, 11) is 0. The molecule has 1 N–H and O–H groups in total. The van der Waals surface area contributed by atoms with Crippen LogP contribution in [0.3, 0.4) is 0 Å². The van der Waals surface area contributed by atoms with Gasteiger partial charge < -0.3 is 10.0 Å². The largest absolute Gasteiger partial charge is 0.481 e. The van der Waals surface area contributed by atoms with E-state index in [4.69, 9.17) is 5.11 Å². The molecule has 0 radical (unpaired) electrons. The van der Waals surface area contributed by atoms with Crippen molar-refractivity contribution >= 4 is 11.9 Å². The average molecular weight is 227 g/mol. The summed E-state index contributed by atoms with van der Waals surface area (Å²) in [6.45, 7) is 5.19. The molecule has 4 heteroatoms. The molecule has 0 spiro atoms. The lowest BCUT2D eigenvalue weighted by Gasteiger charge is -2.31. The van der Waals surface area contributed by atoms with Gasteiger partial charge in [0.05, 0.1) is 11.8 Å². The maximum atomic E-state index is 12.1. The zero-order chi connectivity index (χ0) is 12.1. The number of nitrogens with zero attached hydrogens (tertiary/aromatic N) is 1. The zero-order valence-electron chi connectivity index (χ0n) is 10.1. The van der Waals surface area contributed by atoms with Gasteiger partial charge >= 0.3 is 5.97 Å². The smallest absolute Gasteiger partial charge is 0.307 e. The van der Waals surface area contributed by atoms with Crippen LogP contribution in [0.2, 0.25) is 0 Å². The Hall–Kier alpha value is -1.06. The Labute approximate surface area is 96.6 Å². The summed E-state index contributed by atoms with van der Waals surface area (Å²) in [6, 6.07) is 0. The quantitative estimate of drug-likeness (QED) is 0.796. The van der Waals surface area contributed by atoms with Crippen molar-refractivity contribution in [2.24, 2.45) is 11.8 Å². The Balaban J connectivity index is 2.74. The molecule has 0 heterocycles. The maximum Gasteiger partial charge on any atom is 0.307 e. The third-order valence-corrected chi connectivity index (χ3v) is 3.48. The summed E-state index contributed by atoms with van der Waals surface area (Å²) in [5, 5.41) is 9.11. The summed E-state index contributed by atoms with van der Waals surface area (Å²) in [5.74, 6) is -1.56. The van der Waals surface area contributed by atoms with Gasteiger partial charge in [-0.25, -0.2) is 0 Å². The first kappa shape index (κ1) is 13.0. The van der Waals surface area contributed by atoms with Gasteiger partial charge in [-0.1, -0.05) is 12.8 Å². The molecule has 1 fully saturated rings. The fourth-order valence-corrected chi connectivity index (χ4v) is 2.49. The Morgan fingerprint density at radius 1 is 1.12 bits per heavy atom. The van der Waals surface area contributed by atoms with Crippen molar-refractivity contribution in [3.63, 3.8) is 0 Å². The van der Waals surface area contributed by atoms with Crippen LogP contribution in [0.5, 0.6) is 0 Å². The van der Waals surface area contributed by atoms with Gasteiger partial charge in [0.1, 0.15) is 0 Å². The summed E-state index contributed by atoms with van der Waals surface area (Å²) in [4.78, 5) is 25.0. The van der Waals surface area contributed by atoms with E-state index in [2.05, 4.69) is 0 Å². The number of aliphatic carboxylic acids is 1. The standard InChI is InChI=1S/C12H21NO3/c1-3-13(4-2)11(14)9-7-5-6-8-10(9)12(15)16/h9-10H,3-8H2,1-2H3,(H,15,16)/t9-,10+/m1/s1. The third kappa shape index (κ3) is 2.74. The second kappa shape index (κ2) is 5.87. The Kier molecular flexibility index (Phi) is 4.77. The SMILES string of the molecule is CCN(CC)C(=O)[C@@H]1CCCC[C@@H]1C(=O)O. The van der Waals surface area contributed by atoms with E-state index in [1.807, 2.05) is 13.8 Å². The average Bonchev–Trinajstić information content (AvgIpc) is 2.30. The number of carboxylic acid groups (broad SMARTS) is 1.